The first-order valence-corrected chi connectivity index (χ1v) is 8.76. The molecule has 0 bridgehead atoms. The van der Waals surface area contributed by atoms with Crippen molar-refractivity contribution in [1.82, 2.24) is 9.80 Å². The lowest BCUT2D eigenvalue weighted by molar-refractivity contribution is -0.209. The van der Waals surface area contributed by atoms with Gasteiger partial charge < -0.3 is 5.11 Å². The van der Waals surface area contributed by atoms with E-state index in [1.807, 2.05) is 36.4 Å². The van der Waals surface area contributed by atoms with Crippen LogP contribution in [-0.2, 0) is 0 Å². The minimum Gasteiger partial charge on any atom is -0.382 e. The number of halogens is 3. The largest absolute Gasteiger partial charge is 0.415 e. The zero-order valence-electron chi connectivity index (χ0n) is 14.4. The molecule has 26 heavy (non-hydrogen) atoms. The summed E-state index contributed by atoms with van der Waals surface area (Å²) in [6.07, 6.45) is -6.85. The van der Waals surface area contributed by atoms with Gasteiger partial charge in [0.15, 0.2) is 6.10 Å². The van der Waals surface area contributed by atoms with Gasteiger partial charge in [-0.3, -0.25) is 9.80 Å². The molecule has 0 spiro atoms. The van der Waals surface area contributed by atoms with Crippen LogP contribution in [0.1, 0.15) is 17.2 Å². The molecule has 1 atom stereocenters. The highest BCUT2D eigenvalue weighted by molar-refractivity contribution is 5.31. The van der Waals surface area contributed by atoms with Gasteiger partial charge in [-0.15, -0.1) is 0 Å². The summed E-state index contributed by atoms with van der Waals surface area (Å²) in [6.45, 7) is 1.95. The summed E-state index contributed by atoms with van der Waals surface area (Å²) >= 11 is 0. The lowest BCUT2D eigenvalue weighted by Gasteiger charge is -2.40. The smallest absolute Gasteiger partial charge is 0.382 e. The van der Waals surface area contributed by atoms with Gasteiger partial charge in [-0.25, -0.2) is 0 Å². The number of aliphatic hydroxyl groups is 1. The molecule has 1 aliphatic rings. The van der Waals surface area contributed by atoms with Gasteiger partial charge in [0.1, 0.15) is 0 Å². The summed E-state index contributed by atoms with van der Waals surface area (Å²) in [5, 5.41) is 9.29. The fourth-order valence-electron chi connectivity index (χ4n) is 3.44. The Kier molecular flexibility index (Phi) is 5.96. The van der Waals surface area contributed by atoms with Crippen molar-refractivity contribution in [3.8, 4) is 0 Å². The molecule has 3 rings (SSSR count). The standard InChI is InChI=1S/C20H23F3N2O/c21-20(22,23)18(26)15-24-11-13-25(14-12-24)19(16-7-3-1-4-8-16)17-9-5-2-6-10-17/h1-10,18-19,26H,11-15H2. The maximum Gasteiger partial charge on any atom is 0.415 e. The second-order valence-corrected chi connectivity index (χ2v) is 6.62. The first-order valence-electron chi connectivity index (χ1n) is 8.76. The molecule has 1 aliphatic heterocycles. The highest BCUT2D eigenvalue weighted by atomic mass is 19.4. The van der Waals surface area contributed by atoms with Crippen LogP contribution in [0.25, 0.3) is 0 Å². The third-order valence-corrected chi connectivity index (χ3v) is 4.81. The van der Waals surface area contributed by atoms with Gasteiger partial charge in [-0.05, 0) is 11.1 Å². The molecule has 3 nitrogen and oxygen atoms in total. The first-order chi connectivity index (χ1) is 12.4. The number of benzene rings is 2. The van der Waals surface area contributed by atoms with Crippen molar-refractivity contribution in [3.05, 3.63) is 71.8 Å². The van der Waals surface area contributed by atoms with Crippen molar-refractivity contribution in [2.24, 2.45) is 0 Å². The Morgan fingerprint density at radius 3 is 1.69 bits per heavy atom. The predicted molar refractivity (Wildman–Crippen MR) is 94.8 cm³/mol. The Morgan fingerprint density at radius 2 is 1.27 bits per heavy atom. The number of rotatable bonds is 5. The van der Waals surface area contributed by atoms with Crippen molar-refractivity contribution in [2.75, 3.05) is 32.7 Å². The van der Waals surface area contributed by atoms with Crippen molar-refractivity contribution in [1.29, 1.82) is 0 Å². The molecule has 0 saturated carbocycles. The summed E-state index contributed by atoms with van der Waals surface area (Å²) in [7, 11) is 0. The number of alkyl halides is 3. The molecule has 2 aromatic carbocycles. The maximum absolute atomic E-state index is 12.6. The average Bonchev–Trinajstić information content (AvgIpc) is 2.64. The summed E-state index contributed by atoms with van der Waals surface area (Å²) < 4.78 is 37.7. The van der Waals surface area contributed by atoms with Crippen LogP contribution >= 0.6 is 0 Å². The van der Waals surface area contributed by atoms with E-state index in [9.17, 15) is 18.3 Å². The third kappa shape index (κ3) is 4.63. The molecule has 1 heterocycles. The lowest BCUT2D eigenvalue weighted by atomic mass is 9.96. The normalized spacial score (nSPS) is 18.2. The maximum atomic E-state index is 12.6. The first kappa shape index (κ1) is 18.9. The lowest BCUT2D eigenvalue weighted by Crippen LogP contribution is -2.51. The molecule has 0 amide bonds. The number of hydrogen-bond donors (Lipinski definition) is 1. The number of nitrogens with zero attached hydrogens (tertiary/aromatic N) is 2. The molecule has 0 radical (unpaired) electrons. The van der Waals surface area contributed by atoms with Gasteiger partial charge in [0.25, 0.3) is 0 Å². The summed E-state index contributed by atoms with van der Waals surface area (Å²) in [5.41, 5.74) is 2.34. The fraction of sp³-hybridized carbons (Fsp3) is 0.400. The van der Waals surface area contributed by atoms with Crippen LogP contribution < -0.4 is 0 Å². The van der Waals surface area contributed by atoms with Crippen LogP contribution in [0.15, 0.2) is 60.7 Å². The van der Waals surface area contributed by atoms with E-state index in [4.69, 9.17) is 0 Å². The van der Waals surface area contributed by atoms with Crippen LogP contribution in [0.2, 0.25) is 0 Å². The molecule has 0 aromatic heterocycles. The van der Waals surface area contributed by atoms with Gasteiger partial charge >= 0.3 is 6.18 Å². The number of hydrogen-bond acceptors (Lipinski definition) is 3. The molecule has 1 N–H and O–H groups in total. The topological polar surface area (TPSA) is 26.7 Å². The van der Waals surface area contributed by atoms with Crippen molar-refractivity contribution >= 4 is 0 Å². The van der Waals surface area contributed by atoms with Crippen LogP contribution in [0.3, 0.4) is 0 Å². The van der Waals surface area contributed by atoms with E-state index in [1.165, 1.54) is 11.1 Å². The Labute approximate surface area is 151 Å². The Hall–Kier alpha value is -1.89. The zero-order chi connectivity index (χ0) is 18.6. The van der Waals surface area contributed by atoms with Gasteiger partial charge in [-0.1, -0.05) is 60.7 Å². The fourth-order valence-corrected chi connectivity index (χ4v) is 3.44. The summed E-state index contributed by atoms with van der Waals surface area (Å²) in [4.78, 5) is 3.98. The van der Waals surface area contributed by atoms with Gasteiger partial charge in [0.2, 0.25) is 0 Å². The number of aliphatic hydroxyl groups excluding tert-OH is 1. The molecule has 1 saturated heterocycles. The van der Waals surface area contributed by atoms with E-state index >= 15 is 0 Å². The molecular weight excluding hydrogens is 341 g/mol. The van der Waals surface area contributed by atoms with E-state index in [1.54, 1.807) is 4.90 Å². The van der Waals surface area contributed by atoms with Crippen molar-refractivity contribution in [2.45, 2.75) is 18.3 Å². The van der Waals surface area contributed by atoms with Crippen LogP contribution in [0.4, 0.5) is 13.2 Å². The highest BCUT2D eigenvalue weighted by Crippen LogP contribution is 2.29. The third-order valence-electron chi connectivity index (χ3n) is 4.81. The molecule has 1 fully saturated rings. The quantitative estimate of drug-likeness (QED) is 0.882. The Morgan fingerprint density at radius 1 is 0.808 bits per heavy atom. The SMILES string of the molecule is OC(CN1CCN(C(c2ccccc2)c2ccccc2)CC1)C(F)(F)F. The van der Waals surface area contributed by atoms with E-state index in [0.717, 1.165) is 0 Å². The van der Waals surface area contributed by atoms with Crippen molar-refractivity contribution in [3.63, 3.8) is 0 Å². The predicted octanol–water partition coefficient (Wildman–Crippen LogP) is 3.32. The minimum atomic E-state index is -4.56. The van der Waals surface area contributed by atoms with Gasteiger partial charge in [-0.2, -0.15) is 13.2 Å². The molecule has 1 unspecified atom stereocenters. The molecule has 2 aromatic rings. The second kappa shape index (κ2) is 8.20. The summed E-state index contributed by atoms with van der Waals surface area (Å²) in [5.74, 6) is 0. The Balaban J connectivity index is 1.70. The van der Waals surface area contributed by atoms with E-state index in [2.05, 4.69) is 29.2 Å². The molecule has 140 valence electrons. The zero-order valence-corrected chi connectivity index (χ0v) is 14.4. The van der Waals surface area contributed by atoms with Crippen LogP contribution in [-0.4, -0.2) is 59.9 Å². The molecule has 0 aliphatic carbocycles. The second-order valence-electron chi connectivity index (χ2n) is 6.62. The molecular formula is C20H23F3N2O. The number of piperazine rings is 1. The van der Waals surface area contributed by atoms with E-state index in [-0.39, 0.29) is 12.6 Å². The number of β-amino-alcohol motifs (C(OH)–C–C–N with tert-alkyl or cyclic N) is 1. The summed E-state index contributed by atoms with van der Waals surface area (Å²) in [6, 6.07) is 20.4. The van der Waals surface area contributed by atoms with Crippen LogP contribution in [0.5, 0.6) is 0 Å². The van der Waals surface area contributed by atoms with Gasteiger partial charge in [0.05, 0.1) is 6.04 Å². The highest BCUT2D eigenvalue weighted by Gasteiger charge is 2.39. The van der Waals surface area contributed by atoms with Crippen molar-refractivity contribution < 1.29 is 18.3 Å². The van der Waals surface area contributed by atoms with Crippen LogP contribution in [0, 0.1) is 0 Å². The Bertz CT molecular complexity index is 631. The monoisotopic (exact) mass is 364 g/mol. The minimum absolute atomic E-state index is 0.0760. The molecule has 6 heteroatoms. The average molecular weight is 364 g/mol. The van der Waals surface area contributed by atoms with Gasteiger partial charge in [0, 0.05) is 32.7 Å². The van der Waals surface area contributed by atoms with E-state index in [0.29, 0.717) is 26.2 Å². The van der Waals surface area contributed by atoms with E-state index < -0.39 is 12.3 Å².